The van der Waals surface area contributed by atoms with Crippen molar-refractivity contribution in [2.75, 3.05) is 13.6 Å². The Kier molecular flexibility index (Phi) is 3.92. The van der Waals surface area contributed by atoms with E-state index in [0.717, 1.165) is 19.1 Å². The van der Waals surface area contributed by atoms with E-state index in [9.17, 15) is 4.79 Å². The minimum Gasteiger partial charge on any atom is -0.478 e. The molecule has 4 heteroatoms. The van der Waals surface area contributed by atoms with Gasteiger partial charge < -0.3 is 5.11 Å². The summed E-state index contributed by atoms with van der Waals surface area (Å²) in [5.41, 5.74) is 2.02. The van der Waals surface area contributed by atoms with E-state index in [-0.39, 0.29) is 0 Å². The van der Waals surface area contributed by atoms with Gasteiger partial charge in [0, 0.05) is 36.6 Å². The molecule has 0 aromatic heterocycles. The van der Waals surface area contributed by atoms with Crippen molar-refractivity contribution >= 4 is 5.97 Å². The molecule has 4 nitrogen and oxygen atoms in total. The number of nitrogens with zero attached hydrogens (tertiary/aromatic N) is 2. The fraction of sp³-hybridized carbons (Fsp3) is 0.650. The monoisotopic (exact) mass is 328 g/mol. The summed E-state index contributed by atoms with van der Waals surface area (Å²) in [6.07, 6.45) is 6.69. The van der Waals surface area contributed by atoms with Crippen molar-refractivity contribution in [2.45, 2.75) is 63.7 Å². The number of likely N-dealkylation sites (N-methyl/N-ethyl adjacent to an activating group) is 1. The van der Waals surface area contributed by atoms with Gasteiger partial charge in [-0.25, -0.2) is 4.79 Å². The summed E-state index contributed by atoms with van der Waals surface area (Å²) in [4.78, 5) is 16.4. The summed E-state index contributed by atoms with van der Waals surface area (Å²) >= 11 is 0. The van der Waals surface area contributed by atoms with Gasteiger partial charge in [0.05, 0.1) is 5.56 Å². The van der Waals surface area contributed by atoms with Crippen LogP contribution in [0.2, 0.25) is 0 Å². The molecule has 4 rings (SSSR count). The molecule has 4 atom stereocenters. The maximum Gasteiger partial charge on any atom is 0.335 e. The highest BCUT2D eigenvalue weighted by Gasteiger charge is 2.57. The lowest BCUT2D eigenvalue weighted by molar-refractivity contribution is 0.0325. The first-order chi connectivity index (χ1) is 11.5. The zero-order valence-electron chi connectivity index (χ0n) is 14.7. The number of piperidine rings is 1. The second-order valence-corrected chi connectivity index (χ2v) is 8.28. The van der Waals surface area contributed by atoms with Crippen LogP contribution in [0.1, 0.15) is 54.9 Å². The summed E-state index contributed by atoms with van der Waals surface area (Å²) in [7, 11) is 2.33. The Morgan fingerprint density at radius 3 is 2.54 bits per heavy atom. The lowest BCUT2D eigenvalue weighted by Crippen LogP contribution is -2.53. The molecule has 1 aliphatic carbocycles. The molecule has 0 amide bonds. The van der Waals surface area contributed by atoms with Crippen molar-refractivity contribution in [3.8, 4) is 0 Å². The minimum atomic E-state index is -0.849. The molecule has 1 aromatic rings. The molecule has 0 radical (unpaired) electrons. The van der Waals surface area contributed by atoms with Crippen LogP contribution in [0.15, 0.2) is 24.3 Å². The highest BCUT2D eigenvalue weighted by atomic mass is 16.4. The first-order valence-corrected chi connectivity index (χ1v) is 9.27. The van der Waals surface area contributed by atoms with E-state index >= 15 is 0 Å². The fourth-order valence-corrected chi connectivity index (χ4v) is 5.76. The normalized spacial score (nSPS) is 36.5. The van der Waals surface area contributed by atoms with Gasteiger partial charge in [-0.15, -0.1) is 0 Å². The highest BCUT2D eigenvalue weighted by molar-refractivity contribution is 5.87. The van der Waals surface area contributed by atoms with Crippen LogP contribution < -0.4 is 0 Å². The van der Waals surface area contributed by atoms with Crippen molar-refractivity contribution in [1.29, 1.82) is 0 Å². The van der Waals surface area contributed by atoms with Crippen molar-refractivity contribution in [3.63, 3.8) is 0 Å². The number of hydrogen-bond acceptors (Lipinski definition) is 3. The molecule has 3 aliphatic rings. The van der Waals surface area contributed by atoms with Crippen LogP contribution in [0.5, 0.6) is 0 Å². The lowest BCUT2D eigenvalue weighted by Gasteiger charge is -2.47. The predicted molar refractivity (Wildman–Crippen MR) is 94.1 cm³/mol. The Morgan fingerprint density at radius 2 is 1.88 bits per heavy atom. The molecule has 2 saturated heterocycles. The molecule has 1 N–H and O–H groups in total. The second-order valence-electron chi connectivity index (χ2n) is 8.28. The first-order valence-electron chi connectivity index (χ1n) is 9.27. The molecular formula is C20H28N2O2. The quantitative estimate of drug-likeness (QED) is 0.925. The van der Waals surface area contributed by atoms with Gasteiger partial charge in [-0.3, -0.25) is 9.80 Å². The van der Waals surface area contributed by atoms with Gasteiger partial charge >= 0.3 is 5.97 Å². The van der Waals surface area contributed by atoms with E-state index in [4.69, 9.17) is 5.11 Å². The molecule has 24 heavy (non-hydrogen) atoms. The molecule has 0 spiro atoms. The molecule has 2 heterocycles. The van der Waals surface area contributed by atoms with Gasteiger partial charge in [-0.1, -0.05) is 31.9 Å². The average molecular weight is 328 g/mol. The number of benzene rings is 1. The predicted octanol–water partition coefficient (Wildman–Crippen LogP) is 3.22. The van der Waals surface area contributed by atoms with Crippen LogP contribution >= 0.6 is 0 Å². The van der Waals surface area contributed by atoms with Gasteiger partial charge in [0.25, 0.3) is 0 Å². The molecule has 1 saturated carbocycles. The summed E-state index contributed by atoms with van der Waals surface area (Å²) in [6, 6.07) is 9.51. The Morgan fingerprint density at radius 1 is 1.21 bits per heavy atom. The van der Waals surface area contributed by atoms with Gasteiger partial charge in [0.1, 0.15) is 0 Å². The van der Waals surface area contributed by atoms with Crippen LogP contribution in [-0.4, -0.2) is 52.6 Å². The van der Waals surface area contributed by atoms with Crippen LogP contribution in [-0.2, 0) is 6.54 Å². The standard InChI is InChI=1S/C20H28N2O2/c1-20-11-16-13-22(12-14-7-9-15(10-8-14)19(23)24)18(20)6-4-3-5-17(20)21(16)2/h7-10,16-18H,3-6,11-13H2,1-2H3,(H,23,24)/t16-,17-,18+,20-/m0/s1. The number of hydrogen-bond donors (Lipinski definition) is 1. The maximum atomic E-state index is 11.0. The fourth-order valence-electron chi connectivity index (χ4n) is 5.76. The van der Waals surface area contributed by atoms with E-state index < -0.39 is 5.97 Å². The zero-order valence-corrected chi connectivity index (χ0v) is 14.7. The molecule has 1 aromatic carbocycles. The van der Waals surface area contributed by atoms with E-state index in [1.165, 1.54) is 37.7 Å². The Balaban J connectivity index is 1.58. The number of carbonyl (C=O) groups is 1. The Hall–Kier alpha value is -1.39. The van der Waals surface area contributed by atoms with Gasteiger partial charge in [-0.2, -0.15) is 0 Å². The summed E-state index contributed by atoms with van der Waals surface area (Å²) in [5.74, 6) is -0.849. The van der Waals surface area contributed by atoms with E-state index in [1.807, 2.05) is 12.1 Å². The molecule has 2 bridgehead atoms. The maximum absolute atomic E-state index is 11.0. The number of fused-ring (bicyclic) bond motifs is 1. The second kappa shape index (κ2) is 5.85. The van der Waals surface area contributed by atoms with Crippen LogP contribution in [0.25, 0.3) is 0 Å². The van der Waals surface area contributed by atoms with Crippen molar-refractivity contribution in [2.24, 2.45) is 5.41 Å². The Bertz CT molecular complexity index is 629. The number of carboxylic acids is 1. The van der Waals surface area contributed by atoms with Crippen molar-refractivity contribution in [1.82, 2.24) is 9.80 Å². The highest BCUT2D eigenvalue weighted by Crippen LogP contribution is 2.52. The number of likely N-dealkylation sites (tertiary alicyclic amines) is 2. The number of carboxylic acid groups (broad SMARTS) is 1. The third-order valence-corrected chi connectivity index (χ3v) is 6.94. The minimum absolute atomic E-state index is 0.374. The average Bonchev–Trinajstić information content (AvgIpc) is 2.68. The van der Waals surface area contributed by atoms with Crippen molar-refractivity contribution < 1.29 is 9.90 Å². The molecule has 0 unspecified atom stereocenters. The smallest absolute Gasteiger partial charge is 0.335 e. The topological polar surface area (TPSA) is 43.8 Å². The third kappa shape index (κ3) is 2.47. The van der Waals surface area contributed by atoms with E-state index in [1.54, 1.807) is 12.1 Å². The molecule has 2 aliphatic heterocycles. The Labute approximate surface area is 144 Å². The molecule has 3 fully saturated rings. The van der Waals surface area contributed by atoms with Gasteiger partial charge in [0.2, 0.25) is 0 Å². The van der Waals surface area contributed by atoms with Crippen molar-refractivity contribution in [3.05, 3.63) is 35.4 Å². The SMILES string of the molecule is CN1[C@@H]2CN(Cc3ccc(C(=O)O)cc3)[C@@H]3CCCC[C@H]1[C@]3(C)C2. The summed E-state index contributed by atoms with van der Waals surface area (Å²) in [6.45, 7) is 4.61. The third-order valence-electron chi connectivity index (χ3n) is 6.94. The zero-order chi connectivity index (χ0) is 16.9. The summed E-state index contributed by atoms with van der Waals surface area (Å²) < 4.78 is 0. The van der Waals surface area contributed by atoms with Crippen LogP contribution in [0, 0.1) is 5.41 Å². The first kappa shape index (κ1) is 16.1. The van der Waals surface area contributed by atoms with E-state index in [2.05, 4.69) is 23.8 Å². The van der Waals surface area contributed by atoms with E-state index in [0.29, 0.717) is 23.1 Å². The molecular weight excluding hydrogens is 300 g/mol. The van der Waals surface area contributed by atoms with Crippen LogP contribution in [0.4, 0.5) is 0 Å². The number of aromatic carboxylic acids is 1. The molecule has 130 valence electrons. The summed E-state index contributed by atoms with van der Waals surface area (Å²) in [5, 5.41) is 9.07. The van der Waals surface area contributed by atoms with Crippen LogP contribution in [0.3, 0.4) is 0 Å². The van der Waals surface area contributed by atoms with Gasteiger partial charge in [0.15, 0.2) is 0 Å². The number of rotatable bonds is 3. The van der Waals surface area contributed by atoms with Gasteiger partial charge in [-0.05, 0) is 44.0 Å². The lowest BCUT2D eigenvalue weighted by atomic mass is 9.71. The largest absolute Gasteiger partial charge is 0.478 e.